The Kier molecular flexibility index (Phi) is 8.89. The Hall–Kier alpha value is -5.57. The van der Waals surface area contributed by atoms with Gasteiger partial charge >= 0.3 is 0 Å². The summed E-state index contributed by atoms with van der Waals surface area (Å²) in [7, 11) is 0. The summed E-state index contributed by atoms with van der Waals surface area (Å²) in [4.78, 5) is 9.94. The maximum atomic E-state index is 12.6. The minimum Gasteiger partial charge on any atom is -0.507 e. The second kappa shape index (κ2) is 18.5. The van der Waals surface area contributed by atoms with Crippen LogP contribution in [0.25, 0.3) is 72.7 Å². The van der Waals surface area contributed by atoms with Crippen molar-refractivity contribution in [3.05, 3.63) is 167 Å². The van der Waals surface area contributed by atoms with E-state index in [0.717, 1.165) is 39.9 Å². The smallest absolute Gasteiger partial charge is 0.148 e. The van der Waals surface area contributed by atoms with E-state index in [-0.39, 0.29) is 43.5 Å². The minimum atomic E-state index is -3.93. The van der Waals surface area contributed by atoms with Crippen LogP contribution in [0.2, 0.25) is 0 Å². The van der Waals surface area contributed by atoms with Crippen molar-refractivity contribution in [2.45, 2.75) is 125 Å². The maximum Gasteiger partial charge on any atom is 0.148 e. The van der Waals surface area contributed by atoms with Gasteiger partial charge in [-0.3, -0.25) is 9.55 Å². The summed E-state index contributed by atoms with van der Waals surface area (Å²) in [6.07, 6.45) is 0.0890. The number of phenolic OH excluding ortho intramolecular Hbond substituents is 1. The van der Waals surface area contributed by atoms with Crippen LogP contribution in [0.3, 0.4) is 0 Å². The van der Waals surface area contributed by atoms with Crippen molar-refractivity contribution < 1.29 is 48.1 Å². The molecule has 0 saturated carbocycles. The molecule has 67 heavy (non-hydrogen) atoms. The molecule has 0 bridgehead atoms. The molecule has 0 aliphatic carbocycles. The van der Waals surface area contributed by atoms with Crippen molar-refractivity contribution in [2.24, 2.45) is 5.92 Å². The summed E-state index contributed by atoms with van der Waals surface area (Å²) in [6, 6.07) is 27.1. The van der Waals surface area contributed by atoms with Gasteiger partial charge in [0.25, 0.3) is 0 Å². The van der Waals surface area contributed by atoms with Gasteiger partial charge in [-0.25, -0.2) is 4.98 Å². The first-order valence-electron chi connectivity index (χ1n) is 30.4. The number of hydrogen-bond acceptors (Lipinski definition) is 3. The number of para-hydroxylation sites is 1. The summed E-state index contributed by atoms with van der Waals surface area (Å²) in [5, 5.41) is 12.6. The van der Waals surface area contributed by atoms with E-state index in [1.807, 2.05) is 69.3 Å². The number of aromatic nitrogens is 3. The van der Waals surface area contributed by atoms with Gasteiger partial charge in [0.1, 0.15) is 11.6 Å². The fourth-order valence-corrected chi connectivity index (χ4v) is 8.25. The number of hydrogen-bond donors (Lipinski definition) is 1. The molecule has 4 nitrogen and oxygen atoms in total. The number of aromatic hydroxyl groups is 1. The van der Waals surface area contributed by atoms with E-state index in [2.05, 4.69) is 107 Å². The van der Waals surface area contributed by atoms with Crippen molar-refractivity contribution in [1.82, 2.24) is 14.5 Å². The van der Waals surface area contributed by atoms with Crippen LogP contribution in [0.5, 0.6) is 5.75 Å². The first-order valence-corrected chi connectivity index (χ1v) is 22.4. The fraction of sp³-hybridized carbons (Fsp3) is 0.323. The van der Waals surface area contributed by atoms with Crippen LogP contribution in [-0.4, -0.2) is 19.6 Å². The van der Waals surface area contributed by atoms with Crippen LogP contribution >= 0.6 is 0 Å². The van der Waals surface area contributed by atoms with Crippen LogP contribution in [0.15, 0.2) is 133 Å². The molecule has 0 fully saturated rings. The molecule has 0 aliphatic heterocycles. The molecule has 348 valence electrons. The zero-order chi connectivity index (χ0) is 61.1. The van der Waals surface area contributed by atoms with Crippen molar-refractivity contribution in [1.29, 1.82) is 0 Å². The van der Waals surface area contributed by atoms with E-state index in [9.17, 15) is 9.22 Å². The summed E-state index contributed by atoms with van der Waals surface area (Å²) in [6.45, 7) is 11.0. The normalized spacial score (nSPS) is 16.5. The molecule has 0 aliphatic rings. The molecule has 0 saturated heterocycles. The first kappa shape index (κ1) is 32.2. The molecule has 2 aromatic heterocycles. The maximum absolute atomic E-state index is 12.6. The van der Waals surface area contributed by atoms with Crippen LogP contribution < -0.4 is 0 Å². The molecule has 6 aromatic carbocycles. The molecule has 8 aromatic rings. The van der Waals surface area contributed by atoms with E-state index >= 15 is 0 Å². The Morgan fingerprint density at radius 3 is 1.96 bits per heavy atom. The second-order valence-electron chi connectivity index (χ2n) is 20.8. The number of phenols is 1. The molecule has 1 N–H and O–H groups in total. The quantitative estimate of drug-likeness (QED) is 0.154. The number of rotatable bonds is 8. The Bertz CT molecular complexity index is 3760. The average molecular weight is 1080 g/mol. The molecular formula is C62H68N3OPt-. The standard InChI is InChI=1S/C62H68N3O.Pt/c1-39(2)31-40-23-28-54(50(32-40)42-19-16-15-17-20-42)65-55-22-18-21-49(56(55)64-58(65)51-37-48(61(9,10)11)38-52(57(51)66)62(12,13)14)44-33-45(35-47(34-44)60(6,7)8)53-36-43(29-30-63-53)41-24-26-46(27-25-41)59(3,4)5;/h15-30,32,34-39,66H,31H2,1-14H3;/q-1;/i3D3,4D3,5D3,24D,25D,26D,27D,29D,30D,36D;. The van der Waals surface area contributed by atoms with Gasteiger partial charge in [-0.05, 0) is 97.7 Å². The first-order chi connectivity index (χ1) is 37.6. The molecule has 5 heteroatoms. The monoisotopic (exact) mass is 1080 g/mol. The largest absolute Gasteiger partial charge is 0.507 e. The predicted octanol–water partition coefficient (Wildman–Crippen LogP) is 16.6. The van der Waals surface area contributed by atoms with Crippen molar-refractivity contribution in [3.8, 4) is 67.5 Å². The van der Waals surface area contributed by atoms with Gasteiger partial charge in [-0.2, -0.15) is 0 Å². The topological polar surface area (TPSA) is 50.9 Å². The Morgan fingerprint density at radius 1 is 0.642 bits per heavy atom. The Morgan fingerprint density at radius 2 is 1.31 bits per heavy atom. The summed E-state index contributed by atoms with van der Waals surface area (Å²) >= 11 is 0. The van der Waals surface area contributed by atoms with Crippen molar-refractivity contribution >= 4 is 11.0 Å². The third-order valence-corrected chi connectivity index (χ3v) is 11.9. The van der Waals surface area contributed by atoms with Crippen LogP contribution in [0.4, 0.5) is 0 Å². The molecule has 0 spiro atoms. The molecule has 0 atom stereocenters. The van der Waals surface area contributed by atoms with E-state index in [1.165, 1.54) is 0 Å². The average Bonchev–Trinajstić information content (AvgIpc) is 1.11. The SMILES string of the molecule is [2H]c1nc(-c2[c-]c(-c3cccc4c3nc(-c3cc(C(C)(C)C)cc(C(C)(C)C)c3O)n4-c3ccc(CC(C)C)cc3-c3ccccc3)cc(C(C)(C)C)c2)c([2H])c(-c2c([2H])c([2H])c(C(C([2H])([2H])[2H])(C([2H])([2H])[2H])C([2H])([2H])[2H])c([2H])c2[2H])c1[2H].[Pt]. The molecule has 8 rings (SSSR count). The fourth-order valence-electron chi connectivity index (χ4n) is 8.25. The zero-order valence-corrected chi connectivity index (χ0v) is 42.3. The van der Waals surface area contributed by atoms with Crippen LogP contribution in [0, 0.1) is 12.0 Å². The number of nitrogens with zero attached hydrogens (tertiary/aromatic N) is 3. The molecule has 2 heterocycles. The van der Waals surface area contributed by atoms with Gasteiger partial charge < -0.3 is 5.11 Å². The predicted molar refractivity (Wildman–Crippen MR) is 280 cm³/mol. The summed E-state index contributed by atoms with van der Waals surface area (Å²) in [5.41, 5.74) is 0.790. The Balaban J connectivity index is 0.00000990. The molecular weight excluding hydrogens is 998 g/mol. The van der Waals surface area contributed by atoms with Crippen LogP contribution in [0.1, 0.15) is 146 Å². The van der Waals surface area contributed by atoms with E-state index < -0.39 is 95.9 Å². The molecule has 0 radical (unpaired) electrons. The Labute approximate surface area is 437 Å². The number of benzene rings is 6. The van der Waals surface area contributed by atoms with E-state index in [1.54, 1.807) is 6.07 Å². The number of fused-ring (bicyclic) bond motifs is 1. The van der Waals surface area contributed by atoms with Gasteiger partial charge in [0.2, 0.25) is 0 Å². The van der Waals surface area contributed by atoms with Gasteiger partial charge in [-0.1, -0.05) is 193 Å². The van der Waals surface area contributed by atoms with E-state index in [0.29, 0.717) is 45.0 Å². The number of imidazole rings is 1. The van der Waals surface area contributed by atoms with Gasteiger partial charge in [0.15, 0.2) is 0 Å². The minimum absolute atomic E-state index is 0. The molecule has 0 unspecified atom stereocenters. The van der Waals surface area contributed by atoms with Crippen molar-refractivity contribution in [3.63, 3.8) is 0 Å². The van der Waals surface area contributed by atoms with Gasteiger partial charge in [0, 0.05) is 56.4 Å². The summed E-state index contributed by atoms with van der Waals surface area (Å²) < 4.78 is 141. The van der Waals surface area contributed by atoms with Crippen LogP contribution in [-0.2, 0) is 49.1 Å². The summed E-state index contributed by atoms with van der Waals surface area (Å²) in [5.74, 6) is 0.915. The number of pyridine rings is 1. The third kappa shape index (κ3) is 10.3. The van der Waals surface area contributed by atoms with Crippen molar-refractivity contribution in [2.75, 3.05) is 0 Å². The molecule has 0 amide bonds. The van der Waals surface area contributed by atoms with Gasteiger partial charge in [0.05, 0.1) is 31.9 Å². The third-order valence-electron chi connectivity index (χ3n) is 11.9. The van der Waals surface area contributed by atoms with Gasteiger partial charge in [-0.15, -0.1) is 29.3 Å². The second-order valence-corrected chi connectivity index (χ2v) is 20.8. The van der Waals surface area contributed by atoms with E-state index in [4.69, 9.17) is 22.8 Å². The zero-order valence-electron chi connectivity index (χ0n) is 56.0.